The maximum absolute atomic E-state index is 12.7. The summed E-state index contributed by atoms with van der Waals surface area (Å²) in [5.41, 5.74) is 6.21. The van der Waals surface area contributed by atoms with Gasteiger partial charge in [-0.25, -0.2) is 8.42 Å². The van der Waals surface area contributed by atoms with Crippen molar-refractivity contribution in [2.75, 3.05) is 18.4 Å². The third-order valence-corrected chi connectivity index (χ3v) is 6.06. The fourth-order valence-corrected chi connectivity index (χ4v) is 4.36. The average Bonchev–Trinajstić information content (AvgIpc) is 3.12. The normalized spacial score (nSPS) is 15.3. The number of anilines is 1. The second kappa shape index (κ2) is 8.68. The molecule has 2 heterocycles. The second-order valence-corrected chi connectivity index (χ2v) is 7.89. The van der Waals surface area contributed by atoms with Crippen LogP contribution in [0.2, 0.25) is 0 Å². The predicted molar refractivity (Wildman–Crippen MR) is 101 cm³/mol. The number of sulfonamides is 1. The molecule has 1 aliphatic heterocycles. The molecule has 1 aromatic heterocycles. The van der Waals surface area contributed by atoms with E-state index in [1.807, 2.05) is 0 Å². The molecule has 0 aliphatic carbocycles. The van der Waals surface area contributed by atoms with Gasteiger partial charge in [0.15, 0.2) is 0 Å². The number of benzene rings is 1. The molecule has 0 saturated carbocycles. The van der Waals surface area contributed by atoms with Gasteiger partial charge in [-0.2, -0.15) is 4.31 Å². The molecule has 1 aliphatic rings. The summed E-state index contributed by atoms with van der Waals surface area (Å²) < 4.78 is 32.1. The van der Waals surface area contributed by atoms with Gasteiger partial charge in [-0.1, -0.05) is 12.5 Å². The third kappa shape index (κ3) is 4.45. The Kier molecular flexibility index (Phi) is 6.82. The van der Waals surface area contributed by atoms with E-state index in [0.29, 0.717) is 30.1 Å². The molecule has 2 aromatic rings. The number of amides is 1. The van der Waals surface area contributed by atoms with Gasteiger partial charge in [0.25, 0.3) is 5.91 Å². The Morgan fingerprint density at radius 3 is 2.58 bits per heavy atom. The molecule has 142 valence electrons. The molecule has 3 N–H and O–H groups in total. The lowest BCUT2D eigenvalue weighted by atomic mass is 10.2. The minimum absolute atomic E-state index is 0. The summed E-state index contributed by atoms with van der Waals surface area (Å²) >= 11 is 0. The Hall–Kier alpha value is -1.87. The minimum atomic E-state index is -3.54. The molecule has 1 fully saturated rings. The summed E-state index contributed by atoms with van der Waals surface area (Å²) in [6.45, 7) is 1.28. The summed E-state index contributed by atoms with van der Waals surface area (Å²) in [5, 5.41) is 2.69. The predicted octanol–water partition coefficient (Wildman–Crippen LogP) is 2.59. The molecule has 1 saturated heterocycles. The van der Waals surface area contributed by atoms with Gasteiger partial charge < -0.3 is 15.5 Å². The lowest BCUT2D eigenvalue weighted by Gasteiger charge is -2.26. The molecule has 0 atom stereocenters. The van der Waals surface area contributed by atoms with Gasteiger partial charge >= 0.3 is 0 Å². The summed E-state index contributed by atoms with van der Waals surface area (Å²) in [4.78, 5) is 12.4. The van der Waals surface area contributed by atoms with Gasteiger partial charge in [0, 0.05) is 18.8 Å². The molecule has 0 unspecified atom stereocenters. The monoisotopic (exact) mass is 399 g/mol. The first kappa shape index (κ1) is 20.4. The van der Waals surface area contributed by atoms with Crippen LogP contribution >= 0.6 is 12.4 Å². The van der Waals surface area contributed by atoms with Crippen molar-refractivity contribution in [1.82, 2.24) is 4.31 Å². The quantitative estimate of drug-likeness (QED) is 0.803. The van der Waals surface area contributed by atoms with Crippen LogP contribution in [0, 0.1) is 0 Å². The maximum atomic E-state index is 12.7. The SMILES string of the molecule is Cl.NCc1cc(C(=O)Nc2cccc(S(=O)(=O)N3CCCCC3)c2)co1. The fourth-order valence-electron chi connectivity index (χ4n) is 2.80. The van der Waals surface area contributed by atoms with Crippen molar-refractivity contribution >= 4 is 34.0 Å². The molecule has 1 aromatic carbocycles. The fraction of sp³-hybridized carbons (Fsp3) is 0.353. The topological polar surface area (TPSA) is 106 Å². The smallest absolute Gasteiger partial charge is 0.258 e. The molecule has 0 bridgehead atoms. The minimum Gasteiger partial charge on any atom is -0.467 e. The number of carbonyl (C=O) groups is 1. The van der Waals surface area contributed by atoms with Crippen LogP contribution in [0.3, 0.4) is 0 Å². The van der Waals surface area contributed by atoms with E-state index in [0.717, 1.165) is 19.3 Å². The Bertz CT molecular complexity index is 860. The van der Waals surface area contributed by atoms with Gasteiger partial charge in [-0.15, -0.1) is 12.4 Å². The lowest BCUT2D eigenvalue weighted by Crippen LogP contribution is -2.35. The second-order valence-electron chi connectivity index (χ2n) is 5.95. The highest BCUT2D eigenvalue weighted by atomic mass is 35.5. The number of piperidine rings is 1. The van der Waals surface area contributed by atoms with Gasteiger partial charge in [0.2, 0.25) is 10.0 Å². The van der Waals surface area contributed by atoms with Crippen LogP contribution in [0.4, 0.5) is 5.69 Å². The van der Waals surface area contributed by atoms with Crippen molar-refractivity contribution in [2.45, 2.75) is 30.7 Å². The van der Waals surface area contributed by atoms with E-state index >= 15 is 0 Å². The van der Waals surface area contributed by atoms with Crippen molar-refractivity contribution in [1.29, 1.82) is 0 Å². The van der Waals surface area contributed by atoms with Crippen molar-refractivity contribution < 1.29 is 17.6 Å². The number of halogens is 1. The molecular formula is C17H22ClN3O4S. The Labute approximate surface area is 159 Å². The summed E-state index contributed by atoms with van der Waals surface area (Å²) in [7, 11) is -3.54. The Balaban J connectivity index is 0.00000243. The van der Waals surface area contributed by atoms with E-state index in [1.54, 1.807) is 24.3 Å². The Morgan fingerprint density at radius 1 is 1.19 bits per heavy atom. The molecule has 1 amide bonds. The third-order valence-electron chi connectivity index (χ3n) is 4.16. The first-order valence-electron chi connectivity index (χ1n) is 8.20. The Morgan fingerprint density at radius 2 is 1.92 bits per heavy atom. The molecule has 9 heteroatoms. The molecular weight excluding hydrogens is 378 g/mol. The van der Waals surface area contributed by atoms with Crippen LogP contribution in [0.1, 0.15) is 35.4 Å². The van der Waals surface area contributed by atoms with Crippen LogP contribution < -0.4 is 11.1 Å². The largest absolute Gasteiger partial charge is 0.467 e. The first-order valence-corrected chi connectivity index (χ1v) is 9.64. The molecule has 26 heavy (non-hydrogen) atoms. The van der Waals surface area contributed by atoms with Crippen molar-refractivity contribution in [2.24, 2.45) is 5.73 Å². The molecule has 0 spiro atoms. The van der Waals surface area contributed by atoms with Gasteiger partial charge in [0.1, 0.15) is 12.0 Å². The van der Waals surface area contributed by atoms with Crippen LogP contribution in [-0.2, 0) is 16.6 Å². The highest BCUT2D eigenvalue weighted by molar-refractivity contribution is 7.89. The summed E-state index contributed by atoms with van der Waals surface area (Å²) in [6.07, 6.45) is 4.13. The number of hydrogen-bond donors (Lipinski definition) is 2. The average molecular weight is 400 g/mol. The van der Waals surface area contributed by atoms with Crippen LogP contribution in [0.15, 0.2) is 45.9 Å². The number of nitrogens with two attached hydrogens (primary N) is 1. The van der Waals surface area contributed by atoms with Crippen LogP contribution in [-0.4, -0.2) is 31.7 Å². The number of furan rings is 1. The van der Waals surface area contributed by atoms with E-state index in [-0.39, 0.29) is 29.8 Å². The van der Waals surface area contributed by atoms with Crippen LogP contribution in [0.25, 0.3) is 0 Å². The maximum Gasteiger partial charge on any atom is 0.258 e. The van der Waals surface area contributed by atoms with Crippen molar-refractivity contribution in [3.63, 3.8) is 0 Å². The first-order chi connectivity index (χ1) is 12.0. The van der Waals surface area contributed by atoms with E-state index in [2.05, 4.69) is 5.32 Å². The van der Waals surface area contributed by atoms with E-state index < -0.39 is 10.0 Å². The number of nitrogens with one attached hydrogen (secondary N) is 1. The molecule has 3 rings (SSSR count). The summed E-state index contributed by atoms with van der Waals surface area (Å²) in [6, 6.07) is 7.85. The zero-order chi connectivity index (χ0) is 17.9. The van der Waals surface area contributed by atoms with E-state index in [9.17, 15) is 13.2 Å². The van der Waals surface area contributed by atoms with E-state index in [4.69, 9.17) is 10.2 Å². The van der Waals surface area contributed by atoms with Crippen molar-refractivity contribution in [3.8, 4) is 0 Å². The zero-order valence-electron chi connectivity index (χ0n) is 14.2. The van der Waals surface area contributed by atoms with Crippen molar-refractivity contribution in [3.05, 3.63) is 47.9 Å². The van der Waals surface area contributed by atoms with Gasteiger partial charge in [0.05, 0.1) is 17.0 Å². The van der Waals surface area contributed by atoms with Gasteiger partial charge in [-0.3, -0.25) is 4.79 Å². The number of hydrogen-bond acceptors (Lipinski definition) is 5. The number of nitrogens with zero attached hydrogens (tertiary/aromatic N) is 1. The highest BCUT2D eigenvalue weighted by Crippen LogP contribution is 2.23. The number of rotatable bonds is 5. The van der Waals surface area contributed by atoms with Gasteiger partial charge in [-0.05, 0) is 37.1 Å². The zero-order valence-corrected chi connectivity index (χ0v) is 15.8. The van der Waals surface area contributed by atoms with E-state index in [1.165, 1.54) is 16.6 Å². The molecule has 7 nitrogen and oxygen atoms in total. The highest BCUT2D eigenvalue weighted by Gasteiger charge is 2.26. The van der Waals surface area contributed by atoms with Crippen LogP contribution in [0.5, 0.6) is 0 Å². The summed E-state index contributed by atoms with van der Waals surface area (Å²) in [5.74, 6) is 0.127. The standard InChI is InChI=1S/C17H21N3O4S.ClH/c18-11-15-9-13(12-24-15)17(21)19-14-5-4-6-16(10-14)25(22,23)20-7-2-1-3-8-20;/h4-6,9-10,12H,1-3,7-8,11,18H2,(H,19,21);1H. The number of carbonyl (C=O) groups excluding carboxylic acids is 1. The lowest BCUT2D eigenvalue weighted by molar-refractivity contribution is 0.102. The molecule has 0 radical (unpaired) electrons.